The van der Waals surface area contributed by atoms with Crippen LogP contribution < -0.4 is 0 Å². The fourth-order valence-electron chi connectivity index (χ4n) is 1.73. The molecule has 0 unspecified atom stereocenters. The van der Waals surface area contributed by atoms with E-state index < -0.39 is 0 Å². The van der Waals surface area contributed by atoms with Crippen LogP contribution in [0.5, 0.6) is 0 Å². The highest BCUT2D eigenvalue weighted by Crippen LogP contribution is 2.24. The van der Waals surface area contributed by atoms with Gasteiger partial charge in [0.05, 0.1) is 28.4 Å². The summed E-state index contributed by atoms with van der Waals surface area (Å²) in [4.78, 5) is 17.4. The predicted molar refractivity (Wildman–Crippen MR) is 72.9 cm³/mol. The van der Waals surface area contributed by atoms with E-state index in [1.54, 1.807) is 24.3 Å². The maximum atomic E-state index is 11.8. The maximum Gasteiger partial charge on any atom is 0.339 e. The first-order valence-electron chi connectivity index (χ1n) is 5.97. The lowest BCUT2D eigenvalue weighted by Crippen LogP contribution is -2.09. The van der Waals surface area contributed by atoms with Crippen LogP contribution in [0.1, 0.15) is 29.9 Å². The lowest BCUT2D eigenvalue weighted by atomic mass is 10.1. The van der Waals surface area contributed by atoms with Crippen molar-refractivity contribution in [3.05, 3.63) is 40.9 Å². The quantitative estimate of drug-likeness (QED) is 0.790. The number of pyridine rings is 1. The Labute approximate surface area is 110 Å². The highest BCUT2D eigenvalue weighted by Gasteiger charge is 2.14. The first-order valence-corrected chi connectivity index (χ1v) is 6.85. The molecule has 0 radical (unpaired) electrons. The van der Waals surface area contributed by atoms with Crippen molar-refractivity contribution in [2.45, 2.75) is 20.3 Å². The molecule has 18 heavy (non-hydrogen) atoms. The molecule has 0 fully saturated rings. The molecule has 0 aliphatic carbocycles. The number of aryl methyl sites for hydroxylation is 1. The van der Waals surface area contributed by atoms with Gasteiger partial charge in [-0.25, -0.2) is 4.79 Å². The first kappa shape index (κ1) is 12.8. The molecular formula is C14H15NO2S. The summed E-state index contributed by atoms with van der Waals surface area (Å²) in [5.41, 5.74) is 2.27. The summed E-state index contributed by atoms with van der Waals surface area (Å²) in [5, 5.41) is 2.02. The summed E-state index contributed by atoms with van der Waals surface area (Å²) in [6.07, 6.45) is 0.716. The summed E-state index contributed by atoms with van der Waals surface area (Å²) in [6.45, 7) is 4.18. The van der Waals surface area contributed by atoms with Crippen LogP contribution in [-0.2, 0) is 11.2 Å². The molecule has 4 heteroatoms. The average Bonchev–Trinajstić information content (AvgIpc) is 2.92. The van der Waals surface area contributed by atoms with Crippen LogP contribution in [0.15, 0.2) is 29.6 Å². The Bertz CT molecular complexity index is 535. The third-order valence-corrected chi connectivity index (χ3v) is 3.47. The number of carbonyl (C=O) groups is 1. The number of carbonyl (C=O) groups excluding carboxylic acids is 1. The van der Waals surface area contributed by atoms with Gasteiger partial charge in [0.15, 0.2) is 0 Å². The molecule has 0 spiro atoms. The summed E-state index contributed by atoms with van der Waals surface area (Å²) >= 11 is 1.64. The number of thiophene rings is 1. The summed E-state index contributed by atoms with van der Waals surface area (Å²) in [5.74, 6) is -0.292. The summed E-state index contributed by atoms with van der Waals surface area (Å²) < 4.78 is 5.02. The van der Waals surface area contributed by atoms with Crippen LogP contribution in [0.2, 0.25) is 0 Å². The van der Waals surface area contributed by atoms with E-state index in [-0.39, 0.29) is 5.97 Å². The molecule has 2 aromatic rings. The molecule has 2 heterocycles. The molecule has 0 bridgehead atoms. The minimum atomic E-state index is -0.292. The van der Waals surface area contributed by atoms with Gasteiger partial charge >= 0.3 is 5.97 Å². The summed E-state index contributed by atoms with van der Waals surface area (Å²) in [6, 6.07) is 7.69. The number of ether oxygens (including phenoxy) is 1. The van der Waals surface area contributed by atoms with E-state index in [0.717, 1.165) is 16.3 Å². The van der Waals surface area contributed by atoms with Crippen molar-refractivity contribution in [1.29, 1.82) is 0 Å². The van der Waals surface area contributed by atoms with Gasteiger partial charge in [-0.2, -0.15) is 0 Å². The molecule has 94 valence electrons. The molecule has 0 aromatic carbocycles. The molecule has 0 amide bonds. The average molecular weight is 261 g/mol. The van der Waals surface area contributed by atoms with E-state index in [4.69, 9.17) is 4.74 Å². The zero-order valence-electron chi connectivity index (χ0n) is 10.5. The normalized spacial score (nSPS) is 10.3. The van der Waals surface area contributed by atoms with E-state index in [1.165, 1.54) is 0 Å². The second-order valence-electron chi connectivity index (χ2n) is 3.74. The van der Waals surface area contributed by atoms with E-state index >= 15 is 0 Å². The second-order valence-corrected chi connectivity index (χ2v) is 4.69. The van der Waals surface area contributed by atoms with Gasteiger partial charge in [0.1, 0.15) is 0 Å². The standard InChI is InChI=1S/C14H15NO2S/c1-3-11-10(14(16)17-4-2)7-8-12(15-11)13-6-5-9-18-13/h5-9H,3-4H2,1-2H3. The van der Waals surface area contributed by atoms with E-state index in [9.17, 15) is 4.79 Å². The van der Waals surface area contributed by atoms with Crippen molar-refractivity contribution in [1.82, 2.24) is 4.98 Å². The van der Waals surface area contributed by atoms with E-state index in [1.807, 2.05) is 30.5 Å². The van der Waals surface area contributed by atoms with Gasteiger partial charge in [-0.3, -0.25) is 4.98 Å². The molecule has 0 aliphatic rings. The molecule has 0 saturated heterocycles. The Morgan fingerprint density at radius 1 is 1.33 bits per heavy atom. The maximum absolute atomic E-state index is 11.8. The van der Waals surface area contributed by atoms with Gasteiger partial charge in [-0.15, -0.1) is 11.3 Å². The number of esters is 1. The van der Waals surface area contributed by atoms with Crippen LogP contribution in [0.25, 0.3) is 10.6 Å². The van der Waals surface area contributed by atoms with Gasteiger partial charge in [-0.05, 0) is 36.9 Å². The van der Waals surface area contributed by atoms with Gasteiger partial charge in [0, 0.05) is 0 Å². The van der Waals surface area contributed by atoms with Crippen LogP contribution >= 0.6 is 11.3 Å². The van der Waals surface area contributed by atoms with E-state index in [2.05, 4.69) is 4.98 Å². The van der Waals surface area contributed by atoms with Crippen molar-refractivity contribution < 1.29 is 9.53 Å². The fraction of sp³-hybridized carbons (Fsp3) is 0.286. The summed E-state index contributed by atoms with van der Waals surface area (Å²) in [7, 11) is 0. The zero-order valence-corrected chi connectivity index (χ0v) is 11.3. The molecule has 0 N–H and O–H groups in total. The zero-order chi connectivity index (χ0) is 13.0. The van der Waals surface area contributed by atoms with Crippen molar-refractivity contribution >= 4 is 17.3 Å². The van der Waals surface area contributed by atoms with Crippen molar-refractivity contribution in [2.24, 2.45) is 0 Å². The van der Waals surface area contributed by atoms with Gasteiger partial charge in [0.25, 0.3) is 0 Å². The minimum Gasteiger partial charge on any atom is -0.462 e. The fourth-order valence-corrected chi connectivity index (χ4v) is 2.42. The highest BCUT2D eigenvalue weighted by atomic mass is 32.1. The van der Waals surface area contributed by atoms with Gasteiger partial charge in [-0.1, -0.05) is 13.0 Å². The number of rotatable bonds is 4. The molecule has 0 saturated carbocycles. The number of aromatic nitrogens is 1. The Morgan fingerprint density at radius 2 is 2.17 bits per heavy atom. The first-order chi connectivity index (χ1) is 8.76. The largest absolute Gasteiger partial charge is 0.462 e. The Balaban J connectivity index is 2.37. The van der Waals surface area contributed by atoms with Crippen LogP contribution in [0.4, 0.5) is 0 Å². The molecule has 2 rings (SSSR count). The predicted octanol–water partition coefficient (Wildman–Crippen LogP) is 3.55. The number of nitrogens with zero attached hydrogens (tertiary/aromatic N) is 1. The molecule has 0 atom stereocenters. The second kappa shape index (κ2) is 5.78. The molecule has 0 aliphatic heterocycles. The minimum absolute atomic E-state index is 0.292. The smallest absolute Gasteiger partial charge is 0.339 e. The molecule has 3 nitrogen and oxygen atoms in total. The van der Waals surface area contributed by atoms with Crippen LogP contribution in [-0.4, -0.2) is 17.6 Å². The Kier molecular flexibility index (Phi) is 4.10. The van der Waals surface area contributed by atoms with Crippen LogP contribution in [0.3, 0.4) is 0 Å². The van der Waals surface area contributed by atoms with Gasteiger partial charge < -0.3 is 4.74 Å². The third-order valence-electron chi connectivity index (χ3n) is 2.58. The lowest BCUT2D eigenvalue weighted by molar-refractivity contribution is 0.0524. The molecular weight excluding hydrogens is 246 g/mol. The Morgan fingerprint density at radius 3 is 2.78 bits per heavy atom. The van der Waals surface area contributed by atoms with Crippen molar-refractivity contribution in [3.63, 3.8) is 0 Å². The Hall–Kier alpha value is -1.68. The SMILES string of the molecule is CCOC(=O)c1ccc(-c2cccs2)nc1CC. The number of hydrogen-bond donors (Lipinski definition) is 0. The lowest BCUT2D eigenvalue weighted by Gasteiger charge is -2.08. The third kappa shape index (κ3) is 2.59. The van der Waals surface area contributed by atoms with Crippen molar-refractivity contribution in [2.75, 3.05) is 6.61 Å². The number of hydrogen-bond acceptors (Lipinski definition) is 4. The van der Waals surface area contributed by atoms with Gasteiger partial charge in [0.2, 0.25) is 0 Å². The van der Waals surface area contributed by atoms with Crippen LogP contribution in [0, 0.1) is 0 Å². The topological polar surface area (TPSA) is 39.2 Å². The molecule has 2 aromatic heterocycles. The van der Waals surface area contributed by atoms with E-state index in [0.29, 0.717) is 18.6 Å². The highest BCUT2D eigenvalue weighted by molar-refractivity contribution is 7.13. The monoisotopic (exact) mass is 261 g/mol. The van der Waals surface area contributed by atoms with Crippen molar-refractivity contribution in [3.8, 4) is 10.6 Å².